The van der Waals surface area contributed by atoms with Crippen molar-refractivity contribution < 1.29 is 9.59 Å². The minimum absolute atomic E-state index is 0.118. The fraction of sp³-hybridized carbons (Fsp3) is 0.346. The Morgan fingerprint density at radius 3 is 2.41 bits per heavy atom. The van der Waals surface area contributed by atoms with Crippen LogP contribution in [-0.4, -0.2) is 57.3 Å². The summed E-state index contributed by atoms with van der Waals surface area (Å²) in [5, 5.41) is 0. The van der Waals surface area contributed by atoms with Crippen LogP contribution in [0.15, 0.2) is 67.0 Å². The maximum atomic E-state index is 13.3. The summed E-state index contributed by atoms with van der Waals surface area (Å²) in [6.45, 7) is 4.29. The Balaban J connectivity index is 1.54. The normalized spacial score (nSPS) is 16.8. The van der Waals surface area contributed by atoms with E-state index in [1.54, 1.807) is 21.9 Å². The Morgan fingerprint density at radius 2 is 1.75 bits per heavy atom. The van der Waals surface area contributed by atoms with Crippen molar-refractivity contribution in [3.8, 4) is 11.1 Å². The molecular formula is C26H30N4O2. The zero-order valence-corrected chi connectivity index (χ0v) is 18.8. The molecule has 0 N–H and O–H groups in total. The molecule has 1 fully saturated rings. The molecule has 32 heavy (non-hydrogen) atoms. The van der Waals surface area contributed by atoms with Gasteiger partial charge in [-0.2, -0.15) is 0 Å². The minimum atomic E-state index is -0.268. The van der Waals surface area contributed by atoms with Crippen molar-refractivity contribution in [2.75, 3.05) is 26.2 Å². The largest absolute Gasteiger partial charge is 0.341 e. The van der Waals surface area contributed by atoms with Crippen LogP contribution in [0.2, 0.25) is 0 Å². The summed E-state index contributed by atoms with van der Waals surface area (Å²) < 4.78 is 1.73. The lowest BCUT2D eigenvalue weighted by atomic mass is 9.95. The smallest absolute Gasteiger partial charge is 0.289 e. The molecule has 0 saturated carbocycles. The predicted octanol–water partition coefficient (Wildman–Crippen LogP) is 3.64. The lowest BCUT2D eigenvalue weighted by Gasteiger charge is -2.24. The van der Waals surface area contributed by atoms with Crippen molar-refractivity contribution in [1.29, 1.82) is 0 Å². The Morgan fingerprint density at radius 1 is 1.03 bits per heavy atom. The van der Waals surface area contributed by atoms with Crippen LogP contribution in [0.5, 0.6) is 0 Å². The highest BCUT2D eigenvalue weighted by Crippen LogP contribution is 2.23. The molecule has 1 saturated heterocycles. The first-order valence-corrected chi connectivity index (χ1v) is 11.3. The monoisotopic (exact) mass is 430 g/mol. The van der Waals surface area contributed by atoms with Crippen molar-refractivity contribution in [1.82, 2.24) is 19.4 Å². The van der Waals surface area contributed by atoms with Gasteiger partial charge in [0.1, 0.15) is 0 Å². The minimum Gasteiger partial charge on any atom is -0.341 e. The third kappa shape index (κ3) is 4.74. The summed E-state index contributed by atoms with van der Waals surface area (Å²) in [7, 11) is 1.82. The van der Waals surface area contributed by atoms with E-state index in [9.17, 15) is 9.59 Å². The molecule has 2 aromatic carbocycles. The van der Waals surface area contributed by atoms with E-state index in [-0.39, 0.29) is 17.7 Å². The number of hydrogen-bond donors (Lipinski definition) is 0. The topological polar surface area (TPSA) is 58.4 Å². The van der Waals surface area contributed by atoms with E-state index < -0.39 is 0 Å². The van der Waals surface area contributed by atoms with Gasteiger partial charge in [0.2, 0.25) is 5.91 Å². The number of nitrogens with zero attached hydrogens (tertiary/aromatic N) is 4. The quantitative estimate of drug-likeness (QED) is 0.600. The Labute approximate surface area is 189 Å². The van der Waals surface area contributed by atoms with Crippen LogP contribution in [-0.2, 0) is 18.3 Å². The molecule has 166 valence electrons. The van der Waals surface area contributed by atoms with Gasteiger partial charge in [-0.3, -0.25) is 9.59 Å². The standard InChI is InChI=1S/C26H30N4O2/c1-3-14-29-16-17-30(26(32)24-27-13-15-28(24)2)19-23(25(29)31)18-20-9-11-22(12-10-20)21-7-5-4-6-8-21/h4-13,15,23H,3,14,16-19H2,1-2H3. The Hall–Kier alpha value is -3.41. The molecule has 2 heterocycles. The van der Waals surface area contributed by atoms with Crippen LogP contribution in [0.25, 0.3) is 11.1 Å². The lowest BCUT2D eigenvalue weighted by molar-refractivity contribution is -0.134. The second-order valence-electron chi connectivity index (χ2n) is 8.40. The molecule has 2 amide bonds. The molecular weight excluding hydrogens is 400 g/mol. The third-order valence-corrected chi connectivity index (χ3v) is 6.08. The number of rotatable bonds is 6. The number of benzene rings is 2. The van der Waals surface area contributed by atoms with E-state index in [0.29, 0.717) is 38.4 Å². The van der Waals surface area contributed by atoms with E-state index >= 15 is 0 Å². The fourth-order valence-corrected chi connectivity index (χ4v) is 4.33. The van der Waals surface area contributed by atoms with Crippen LogP contribution in [0, 0.1) is 5.92 Å². The van der Waals surface area contributed by atoms with E-state index in [4.69, 9.17) is 0 Å². The Bertz CT molecular complexity index is 1060. The number of aromatic nitrogens is 2. The molecule has 0 bridgehead atoms. The molecule has 1 aromatic heterocycles. The summed E-state index contributed by atoms with van der Waals surface area (Å²) in [6, 6.07) is 18.6. The van der Waals surface area contributed by atoms with Crippen LogP contribution in [0.1, 0.15) is 29.5 Å². The van der Waals surface area contributed by atoms with Gasteiger partial charge in [0.15, 0.2) is 5.82 Å². The number of carbonyl (C=O) groups excluding carboxylic acids is 2. The number of aryl methyl sites for hydroxylation is 1. The highest BCUT2D eigenvalue weighted by Gasteiger charge is 2.33. The SMILES string of the molecule is CCCN1CCN(C(=O)c2nccn2C)CC(Cc2ccc(-c3ccccc3)cc2)C1=O. The Kier molecular flexibility index (Phi) is 6.69. The van der Waals surface area contributed by atoms with Crippen LogP contribution < -0.4 is 0 Å². The van der Waals surface area contributed by atoms with Gasteiger partial charge in [-0.05, 0) is 29.5 Å². The van der Waals surface area contributed by atoms with Gasteiger partial charge >= 0.3 is 0 Å². The van der Waals surface area contributed by atoms with Gasteiger partial charge in [-0.15, -0.1) is 0 Å². The second-order valence-corrected chi connectivity index (χ2v) is 8.40. The molecule has 0 aliphatic carbocycles. The second kappa shape index (κ2) is 9.81. The molecule has 1 atom stereocenters. The molecule has 0 spiro atoms. The molecule has 1 unspecified atom stereocenters. The first-order valence-electron chi connectivity index (χ1n) is 11.3. The first kappa shape index (κ1) is 21.8. The molecule has 3 aromatic rings. The average Bonchev–Trinajstić information content (AvgIpc) is 3.19. The number of hydrogen-bond acceptors (Lipinski definition) is 3. The molecule has 6 nitrogen and oxygen atoms in total. The molecule has 4 rings (SSSR count). The maximum Gasteiger partial charge on any atom is 0.289 e. The van der Waals surface area contributed by atoms with E-state index in [1.165, 1.54) is 5.56 Å². The summed E-state index contributed by atoms with van der Waals surface area (Å²) in [6.07, 6.45) is 4.91. The maximum absolute atomic E-state index is 13.3. The average molecular weight is 431 g/mol. The number of imidazole rings is 1. The van der Waals surface area contributed by atoms with E-state index in [1.807, 2.05) is 30.1 Å². The van der Waals surface area contributed by atoms with Gasteiger partial charge < -0.3 is 14.4 Å². The first-order chi connectivity index (χ1) is 15.6. The van der Waals surface area contributed by atoms with Crippen LogP contribution in [0.4, 0.5) is 0 Å². The van der Waals surface area contributed by atoms with Crippen molar-refractivity contribution in [3.05, 3.63) is 78.4 Å². The zero-order valence-electron chi connectivity index (χ0n) is 18.8. The molecule has 0 radical (unpaired) electrons. The van der Waals surface area contributed by atoms with Crippen molar-refractivity contribution in [2.24, 2.45) is 13.0 Å². The highest BCUT2D eigenvalue weighted by atomic mass is 16.2. The zero-order chi connectivity index (χ0) is 22.5. The van der Waals surface area contributed by atoms with E-state index in [2.05, 4.69) is 48.3 Å². The predicted molar refractivity (Wildman–Crippen MR) is 125 cm³/mol. The number of amides is 2. The summed E-state index contributed by atoms with van der Waals surface area (Å²) in [4.78, 5) is 34.4. The van der Waals surface area contributed by atoms with Crippen molar-refractivity contribution >= 4 is 11.8 Å². The summed E-state index contributed by atoms with van der Waals surface area (Å²) in [5.74, 6) is 0.158. The van der Waals surface area contributed by atoms with Crippen molar-refractivity contribution in [3.63, 3.8) is 0 Å². The summed E-state index contributed by atoms with van der Waals surface area (Å²) >= 11 is 0. The van der Waals surface area contributed by atoms with Gasteiger partial charge in [0, 0.05) is 45.6 Å². The van der Waals surface area contributed by atoms with Gasteiger partial charge in [0.25, 0.3) is 5.91 Å². The molecule has 1 aliphatic heterocycles. The lowest BCUT2D eigenvalue weighted by Crippen LogP contribution is -2.38. The molecule has 6 heteroatoms. The fourth-order valence-electron chi connectivity index (χ4n) is 4.33. The van der Waals surface area contributed by atoms with Crippen LogP contribution >= 0.6 is 0 Å². The van der Waals surface area contributed by atoms with Crippen LogP contribution in [0.3, 0.4) is 0 Å². The highest BCUT2D eigenvalue weighted by molar-refractivity contribution is 5.91. The van der Waals surface area contributed by atoms with E-state index in [0.717, 1.165) is 17.5 Å². The van der Waals surface area contributed by atoms with Gasteiger partial charge in [-0.25, -0.2) is 4.98 Å². The summed E-state index contributed by atoms with van der Waals surface area (Å²) in [5.41, 5.74) is 3.43. The third-order valence-electron chi connectivity index (χ3n) is 6.08. The van der Waals surface area contributed by atoms with Crippen molar-refractivity contribution in [2.45, 2.75) is 19.8 Å². The number of carbonyl (C=O) groups is 2. The van der Waals surface area contributed by atoms with Gasteiger partial charge in [-0.1, -0.05) is 61.5 Å². The molecule has 1 aliphatic rings. The van der Waals surface area contributed by atoms with Gasteiger partial charge in [0.05, 0.1) is 5.92 Å².